The zero-order valence-electron chi connectivity index (χ0n) is 18.5. The van der Waals surface area contributed by atoms with Crippen LogP contribution in [-0.2, 0) is 20.8 Å². The number of aliphatic carboxylic acids is 1. The summed E-state index contributed by atoms with van der Waals surface area (Å²) in [5, 5.41) is 13.0. The van der Waals surface area contributed by atoms with Gasteiger partial charge in [0.2, 0.25) is 11.8 Å². The fraction of sp³-hybridized carbons (Fsp3) is 0.333. The van der Waals surface area contributed by atoms with Gasteiger partial charge in [0.15, 0.2) is 0 Å². The number of amides is 2. The van der Waals surface area contributed by atoms with E-state index in [1.165, 1.54) is 17.8 Å². The first kappa shape index (κ1) is 26.1. The van der Waals surface area contributed by atoms with Gasteiger partial charge in [0.1, 0.15) is 6.04 Å². The Balaban J connectivity index is 1.53. The average molecular weight is 522 g/mol. The van der Waals surface area contributed by atoms with Crippen LogP contribution in [0.3, 0.4) is 0 Å². The first-order valence-electron chi connectivity index (χ1n) is 10.7. The van der Waals surface area contributed by atoms with E-state index in [-0.39, 0.29) is 24.2 Å². The fourth-order valence-electron chi connectivity index (χ4n) is 3.71. The lowest BCUT2D eigenvalue weighted by atomic mass is 9.95. The number of carbonyl (C=O) groups is 3. The van der Waals surface area contributed by atoms with Crippen LogP contribution in [0.15, 0.2) is 47.6 Å². The highest BCUT2D eigenvalue weighted by atomic mass is 35.5. The van der Waals surface area contributed by atoms with Crippen molar-refractivity contribution >= 4 is 58.8 Å². The number of nitrogens with one attached hydrogen (secondary N) is 1. The molecule has 0 spiro atoms. The van der Waals surface area contributed by atoms with Crippen LogP contribution in [0.1, 0.15) is 24.0 Å². The zero-order valence-corrected chi connectivity index (χ0v) is 20.9. The van der Waals surface area contributed by atoms with Crippen molar-refractivity contribution in [2.45, 2.75) is 30.2 Å². The number of piperidine rings is 1. The maximum absolute atomic E-state index is 12.7. The van der Waals surface area contributed by atoms with Crippen LogP contribution in [-0.4, -0.2) is 58.2 Å². The number of hydrogen-bond acceptors (Lipinski definition) is 5. The van der Waals surface area contributed by atoms with Crippen molar-refractivity contribution in [3.63, 3.8) is 0 Å². The lowest BCUT2D eigenvalue weighted by Gasteiger charge is -2.31. The van der Waals surface area contributed by atoms with Crippen molar-refractivity contribution in [2.75, 3.05) is 19.3 Å². The van der Waals surface area contributed by atoms with E-state index < -0.39 is 12.0 Å². The second kappa shape index (κ2) is 12.2. The van der Waals surface area contributed by atoms with Gasteiger partial charge in [0, 0.05) is 48.8 Å². The number of carboxylic acids is 1. The quantitative estimate of drug-likeness (QED) is 0.399. The molecule has 1 aromatic heterocycles. The Morgan fingerprint density at radius 2 is 1.97 bits per heavy atom. The van der Waals surface area contributed by atoms with Crippen LogP contribution in [0.2, 0.25) is 10.0 Å². The Bertz CT molecular complexity index is 1070. The maximum Gasteiger partial charge on any atom is 0.326 e. The molecule has 0 aliphatic carbocycles. The molecule has 1 atom stereocenters. The minimum atomic E-state index is -1.10. The standard InChI is InChI=1S/C24H25Cl2N3O4S/c1-34-19-6-4-16(21(25)22(19)26)5-7-20(30)29-11-8-17(9-12-29)23(31)28-18(24(32)33)13-15-3-2-10-27-14-15/h2-7,10,14,17-18H,8-9,11-13H2,1H3,(H,28,31)(H,32,33). The van der Waals surface area contributed by atoms with Gasteiger partial charge in [-0.25, -0.2) is 4.79 Å². The summed E-state index contributed by atoms with van der Waals surface area (Å²) in [6.07, 6.45) is 9.25. The SMILES string of the molecule is CSc1ccc(C=CC(=O)N2CCC(C(=O)NC(Cc3cccnc3)C(=O)O)CC2)c(Cl)c1Cl. The third-order valence-electron chi connectivity index (χ3n) is 5.66. The van der Waals surface area contributed by atoms with Gasteiger partial charge >= 0.3 is 5.97 Å². The molecule has 1 saturated heterocycles. The number of thioether (sulfide) groups is 1. The van der Waals surface area contributed by atoms with Crippen molar-refractivity contribution < 1.29 is 19.5 Å². The summed E-state index contributed by atoms with van der Waals surface area (Å²) in [5.74, 6) is -1.94. The normalized spacial score (nSPS) is 15.3. The van der Waals surface area contributed by atoms with Gasteiger partial charge in [0.05, 0.1) is 10.0 Å². The summed E-state index contributed by atoms with van der Waals surface area (Å²) in [5.41, 5.74) is 1.38. The Morgan fingerprint density at radius 3 is 2.59 bits per heavy atom. The van der Waals surface area contributed by atoms with E-state index in [0.717, 1.165) is 10.5 Å². The van der Waals surface area contributed by atoms with E-state index in [9.17, 15) is 19.5 Å². The molecule has 180 valence electrons. The molecule has 2 N–H and O–H groups in total. The molecule has 1 fully saturated rings. The largest absolute Gasteiger partial charge is 0.480 e. The molecule has 34 heavy (non-hydrogen) atoms. The summed E-state index contributed by atoms with van der Waals surface area (Å²) in [6, 6.07) is 6.12. The third-order valence-corrected chi connectivity index (χ3v) is 7.45. The highest BCUT2D eigenvalue weighted by molar-refractivity contribution is 7.98. The number of carboxylic acid groups (broad SMARTS) is 1. The number of hydrogen-bond donors (Lipinski definition) is 2. The summed E-state index contributed by atoms with van der Waals surface area (Å²) in [7, 11) is 0. The van der Waals surface area contributed by atoms with Gasteiger partial charge in [-0.2, -0.15) is 0 Å². The third kappa shape index (κ3) is 6.74. The highest BCUT2D eigenvalue weighted by Crippen LogP contribution is 2.35. The summed E-state index contributed by atoms with van der Waals surface area (Å²) in [6.45, 7) is 0.809. The van der Waals surface area contributed by atoms with Crippen molar-refractivity contribution in [1.82, 2.24) is 15.2 Å². The van der Waals surface area contributed by atoms with Crippen LogP contribution < -0.4 is 5.32 Å². The molecule has 1 aromatic carbocycles. The van der Waals surface area contributed by atoms with E-state index in [2.05, 4.69) is 10.3 Å². The van der Waals surface area contributed by atoms with E-state index >= 15 is 0 Å². The van der Waals surface area contributed by atoms with Crippen LogP contribution in [0.5, 0.6) is 0 Å². The summed E-state index contributed by atoms with van der Waals surface area (Å²) < 4.78 is 0. The molecule has 3 rings (SSSR count). The van der Waals surface area contributed by atoms with E-state index in [1.807, 2.05) is 18.4 Å². The predicted octanol–water partition coefficient (Wildman–Crippen LogP) is 4.17. The molecule has 1 aliphatic heterocycles. The topological polar surface area (TPSA) is 99.6 Å². The van der Waals surface area contributed by atoms with E-state index in [0.29, 0.717) is 41.5 Å². The van der Waals surface area contributed by atoms with Gasteiger partial charge in [0.25, 0.3) is 0 Å². The van der Waals surface area contributed by atoms with Gasteiger partial charge in [-0.1, -0.05) is 35.3 Å². The lowest BCUT2D eigenvalue weighted by molar-refractivity contribution is -0.142. The number of aromatic nitrogens is 1. The average Bonchev–Trinajstić information content (AvgIpc) is 2.85. The molecule has 2 aromatic rings. The zero-order chi connectivity index (χ0) is 24.7. The van der Waals surface area contributed by atoms with Crippen molar-refractivity contribution in [3.05, 3.63) is 63.9 Å². The fourth-order valence-corrected chi connectivity index (χ4v) is 4.88. The van der Waals surface area contributed by atoms with Gasteiger partial charge in [-0.15, -0.1) is 11.8 Å². The first-order valence-corrected chi connectivity index (χ1v) is 12.7. The molecular formula is C24H25Cl2N3O4S. The summed E-state index contributed by atoms with van der Waals surface area (Å²) in [4.78, 5) is 43.4. The highest BCUT2D eigenvalue weighted by Gasteiger charge is 2.29. The minimum absolute atomic E-state index is 0.154. The van der Waals surface area contributed by atoms with Crippen LogP contribution in [0.25, 0.3) is 6.08 Å². The Hall–Kier alpha value is -2.55. The number of likely N-dealkylation sites (tertiary alicyclic amines) is 1. The molecule has 0 radical (unpaired) electrons. The smallest absolute Gasteiger partial charge is 0.326 e. The summed E-state index contributed by atoms with van der Waals surface area (Å²) >= 11 is 14.0. The Kier molecular flexibility index (Phi) is 9.38. The Labute approximate surface area is 212 Å². The van der Waals surface area contributed by atoms with Crippen molar-refractivity contribution in [3.8, 4) is 0 Å². The minimum Gasteiger partial charge on any atom is -0.480 e. The molecular weight excluding hydrogens is 497 g/mol. The molecule has 1 aliphatic rings. The van der Waals surface area contributed by atoms with E-state index in [1.54, 1.807) is 35.5 Å². The predicted molar refractivity (Wildman–Crippen MR) is 134 cm³/mol. The number of pyridine rings is 1. The second-order valence-electron chi connectivity index (χ2n) is 7.88. The van der Waals surface area contributed by atoms with Crippen LogP contribution in [0, 0.1) is 5.92 Å². The number of rotatable bonds is 8. The van der Waals surface area contributed by atoms with Crippen LogP contribution >= 0.6 is 35.0 Å². The molecule has 2 amide bonds. The molecule has 10 heteroatoms. The number of nitrogens with zero attached hydrogens (tertiary/aromatic N) is 2. The van der Waals surface area contributed by atoms with Gasteiger partial charge < -0.3 is 15.3 Å². The monoisotopic (exact) mass is 521 g/mol. The molecule has 0 saturated carbocycles. The van der Waals surface area contributed by atoms with E-state index in [4.69, 9.17) is 23.2 Å². The molecule has 1 unspecified atom stereocenters. The van der Waals surface area contributed by atoms with Crippen molar-refractivity contribution in [1.29, 1.82) is 0 Å². The Morgan fingerprint density at radius 1 is 1.24 bits per heavy atom. The molecule has 7 nitrogen and oxygen atoms in total. The van der Waals surface area contributed by atoms with Gasteiger partial charge in [-0.3, -0.25) is 14.6 Å². The number of benzene rings is 1. The van der Waals surface area contributed by atoms with Gasteiger partial charge in [-0.05, 0) is 48.4 Å². The number of halogens is 2. The molecule has 0 bridgehead atoms. The first-order chi connectivity index (χ1) is 16.3. The number of carbonyl (C=O) groups excluding carboxylic acids is 2. The van der Waals surface area contributed by atoms with Crippen LogP contribution in [0.4, 0.5) is 0 Å². The second-order valence-corrected chi connectivity index (χ2v) is 9.49. The lowest BCUT2D eigenvalue weighted by Crippen LogP contribution is -2.48. The molecule has 2 heterocycles. The van der Waals surface area contributed by atoms with Crippen molar-refractivity contribution in [2.24, 2.45) is 5.92 Å². The maximum atomic E-state index is 12.7.